The standard InChI is InChI=1S/C23H39BN4O6/c1-19(2,3)31-17(29)26-23(13-27(14-23)18(30)32-20(4,5)6)15-28-12-16(11-25-28)24-33-21(7,8)22(9,10)34-24/h11-12H,13-15H2,1-10H3,(H,26,29). The first kappa shape index (κ1) is 26.3. The lowest BCUT2D eigenvalue weighted by Crippen LogP contribution is -2.73. The van der Waals surface area contributed by atoms with Crippen molar-refractivity contribution in [3.63, 3.8) is 0 Å². The van der Waals surface area contributed by atoms with Crippen molar-refractivity contribution in [2.45, 2.75) is 104 Å². The maximum Gasteiger partial charge on any atom is 0.498 e. The van der Waals surface area contributed by atoms with E-state index in [1.807, 2.05) is 54.7 Å². The predicted octanol–water partition coefficient (Wildman–Crippen LogP) is 2.70. The molecule has 0 aromatic carbocycles. The Kier molecular flexibility index (Phi) is 6.54. The summed E-state index contributed by atoms with van der Waals surface area (Å²) in [5, 5.41) is 7.42. The molecule has 2 amide bonds. The molecular formula is C23H39BN4O6. The van der Waals surface area contributed by atoms with Gasteiger partial charge in [0.15, 0.2) is 0 Å². The Morgan fingerprint density at radius 1 is 1.03 bits per heavy atom. The van der Waals surface area contributed by atoms with Crippen LogP contribution in [0.5, 0.6) is 0 Å². The molecule has 34 heavy (non-hydrogen) atoms. The Balaban J connectivity index is 1.73. The molecule has 190 valence electrons. The molecule has 1 N–H and O–H groups in total. The molecule has 0 spiro atoms. The zero-order valence-corrected chi connectivity index (χ0v) is 22.1. The van der Waals surface area contributed by atoms with Crippen molar-refractivity contribution >= 4 is 24.8 Å². The molecule has 2 fully saturated rings. The Bertz CT molecular complexity index is 909. The van der Waals surface area contributed by atoms with Gasteiger partial charge in [-0.1, -0.05) is 0 Å². The summed E-state index contributed by atoms with van der Waals surface area (Å²) in [6.45, 7) is 19.7. The van der Waals surface area contributed by atoms with Gasteiger partial charge in [-0.2, -0.15) is 5.10 Å². The largest absolute Gasteiger partial charge is 0.498 e. The van der Waals surface area contributed by atoms with Crippen molar-refractivity contribution in [2.75, 3.05) is 13.1 Å². The molecular weight excluding hydrogens is 439 g/mol. The molecule has 0 unspecified atom stereocenters. The van der Waals surface area contributed by atoms with Gasteiger partial charge in [-0.3, -0.25) is 4.68 Å². The van der Waals surface area contributed by atoms with E-state index in [1.54, 1.807) is 36.5 Å². The van der Waals surface area contributed by atoms with Crippen molar-refractivity contribution in [3.8, 4) is 0 Å². The average Bonchev–Trinajstić information content (AvgIpc) is 3.10. The van der Waals surface area contributed by atoms with E-state index in [0.29, 0.717) is 6.54 Å². The van der Waals surface area contributed by atoms with E-state index >= 15 is 0 Å². The van der Waals surface area contributed by atoms with E-state index in [9.17, 15) is 9.59 Å². The number of hydrogen-bond donors (Lipinski definition) is 1. The van der Waals surface area contributed by atoms with Crippen LogP contribution in [0.2, 0.25) is 0 Å². The van der Waals surface area contributed by atoms with Crippen molar-refractivity contribution in [1.29, 1.82) is 0 Å². The van der Waals surface area contributed by atoms with Crippen LogP contribution in [0.25, 0.3) is 0 Å². The van der Waals surface area contributed by atoms with Crippen molar-refractivity contribution in [2.24, 2.45) is 0 Å². The van der Waals surface area contributed by atoms with E-state index in [-0.39, 0.29) is 13.1 Å². The quantitative estimate of drug-likeness (QED) is 0.664. The first-order valence-electron chi connectivity index (χ1n) is 11.7. The lowest BCUT2D eigenvalue weighted by atomic mass is 9.82. The van der Waals surface area contributed by atoms with Crippen LogP contribution in [-0.4, -0.2) is 75.0 Å². The highest BCUT2D eigenvalue weighted by atomic mass is 16.7. The zero-order chi connectivity index (χ0) is 25.7. The molecule has 10 nitrogen and oxygen atoms in total. The van der Waals surface area contributed by atoms with Crippen LogP contribution in [-0.2, 0) is 25.3 Å². The minimum absolute atomic E-state index is 0.271. The summed E-state index contributed by atoms with van der Waals surface area (Å²) in [6, 6.07) is 0. The van der Waals surface area contributed by atoms with Gasteiger partial charge >= 0.3 is 19.3 Å². The number of carbonyl (C=O) groups excluding carboxylic acids is 2. The van der Waals surface area contributed by atoms with Gasteiger partial charge in [0, 0.05) is 17.9 Å². The molecule has 3 heterocycles. The highest BCUT2D eigenvalue weighted by Crippen LogP contribution is 2.36. The van der Waals surface area contributed by atoms with E-state index in [2.05, 4.69) is 10.4 Å². The van der Waals surface area contributed by atoms with Crippen LogP contribution < -0.4 is 10.8 Å². The molecule has 0 saturated carbocycles. The van der Waals surface area contributed by atoms with Gasteiger partial charge in [-0.15, -0.1) is 0 Å². The number of ether oxygens (including phenoxy) is 2. The fourth-order valence-electron chi connectivity index (χ4n) is 3.76. The SMILES string of the molecule is CC(C)(C)OC(=O)NC1(Cn2cc(B3OC(C)(C)C(C)(C)O3)cn2)CN(C(=O)OC(C)(C)C)C1. The molecule has 2 saturated heterocycles. The maximum absolute atomic E-state index is 12.6. The van der Waals surface area contributed by atoms with Crippen LogP contribution in [0.15, 0.2) is 12.4 Å². The number of hydrogen-bond acceptors (Lipinski definition) is 7. The van der Waals surface area contributed by atoms with Gasteiger partial charge < -0.3 is 29.0 Å². The number of nitrogens with one attached hydrogen (secondary N) is 1. The Labute approximate surface area is 202 Å². The number of nitrogens with zero attached hydrogens (tertiary/aromatic N) is 3. The molecule has 2 aliphatic rings. The summed E-state index contributed by atoms with van der Waals surface area (Å²) in [5.41, 5.74) is -2.13. The normalized spacial score (nSPS) is 21.1. The molecule has 2 aliphatic heterocycles. The maximum atomic E-state index is 12.6. The van der Waals surface area contributed by atoms with E-state index in [4.69, 9.17) is 18.8 Å². The van der Waals surface area contributed by atoms with Crippen molar-refractivity contribution in [3.05, 3.63) is 12.4 Å². The molecule has 0 bridgehead atoms. The summed E-state index contributed by atoms with van der Waals surface area (Å²) in [7, 11) is -0.534. The molecule has 0 atom stereocenters. The number of aromatic nitrogens is 2. The van der Waals surface area contributed by atoms with Crippen molar-refractivity contribution in [1.82, 2.24) is 20.0 Å². The van der Waals surface area contributed by atoms with Crippen LogP contribution in [0.3, 0.4) is 0 Å². The Hall–Kier alpha value is -2.27. The molecule has 0 radical (unpaired) electrons. The minimum Gasteiger partial charge on any atom is -0.444 e. The fourth-order valence-corrected chi connectivity index (χ4v) is 3.76. The van der Waals surface area contributed by atoms with Gasteiger partial charge in [-0.05, 0) is 69.2 Å². The van der Waals surface area contributed by atoms with E-state index in [0.717, 1.165) is 5.46 Å². The smallest absolute Gasteiger partial charge is 0.444 e. The first-order chi connectivity index (χ1) is 15.3. The highest BCUT2D eigenvalue weighted by molar-refractivity contribution is 6.62. The summed E-state index contributed by atoms with van der Waals surface area (Å²) in [5.74, 6) is 0. The third kappa shape index (κ3) is 6.04. The molecule has 0 aliphatic carbocycles. The summed E-state index contributed by atoms with van der Waals surface area (Å²) >= 11 is 0. The number of amides is 2. The number of rotatable bonds is 4. The molecule has 1 aromatic rings. The molecule has 11 heteroatoms. The lowest BCUT2D eigenvalue weighted by Gasteiger charge is -2.49. The average molecular weight is 478 g/mol. The molecule has 1 aromatic heterocycles. The number of carbonyl (C=O) groups is 2. The summed E-state index contributed by atoms with van der Waals surface area (Å²) < 4.78 is 24.9. The van der Waals surface area contributed by atoms with Crippen LogP contribution in [0, 0.1) is 0 Å². The number of likely N-dealkylation sites (tertiary alicyclic amines) is 1. The lowest BCUT2D eigenvalue weighted by molar-refractivity contribution is -0.0265. The van der Waals surface area contributed by atoms with E-state index < -0.39 is 47.2 Å². The fraction of sp³-hybridized carbons (Fsp3) is 0.783. The van der Waals surface area contributed by atoms with Gasteiger partial charge in [0.1, 0.15) is 11.2 Å². The van der Waals surface area contributed by atoms with Gasteiger partial charge in [-0.25, -0.2) is 9.59 Å². The number of alkyl carbamates (subject to hydrolysis) is 1. The second kappa shape index (κ2) is 8.44. The van der Waals surface area contributed by atoms with Gasteiger partial charge in [0.2, 0.25) is 0 Å². The monoisotopic (exact) mass is 478 g/mol. The topological polar surface area (TPSA) is 104 Å². The molecule has 3 rings (SSSR count). The van der Waals surface area contributed by atoms with Gasteiger partial charge in [0.25, 0.3) is 0 Å². The third-order valence-electron chi connectivity index (χ3n) is 6.05. The van der Waals surface area contributed by atoms with Crippen molar-refractivity contribution < 1.29 is 28.4 Å². The van der Waals surface area contributed by atoms with E-state index in [1.165, 1.54) is 0 Å². The van der Waals surface area contributed by atoms with Crippen LogP contribution in [0.4, 0.5) is 9.59 Å². The second-order valence-corrected chi connectivity index (χ2v) is 12.3. The predicted molar refractivity (Wildman–Crippen MR) is 128 cm³/mol. The van der Waals surface area contributed by atoms with Gasteiger partial charge in [0.05, 0.1) is 36.4 Å². The minimum atomic E-state index is -0.752. The van der Waals surface area contributed by atoms with Crippen LogP contribution in [0.1, 0.15) is 69.2 Å². The Morgan fingerprint density at radius 2 is 1.56 bits per heavy atom. The summed E-state index contributed by atoms with van der Waals surface area (Å²) in [4.78, 5) is 26.6. The summed E-state index contributed by atoms with van der Waals surface area (Å²) in [6.07, 6.45) is 2.58. The second-order valence-electron chi connectivity index (χ2n) is 12.3. The highest BCUT2D eigenvalue weighted by Gasteiger charge is 2.53. The Morgan fingerprint density at radius 3 is 2.06 bits per heavy atom. The first-order valence-corrected chi connectivity index (χ1v) is 11.7. The third-order valence-corrected chi connectivity index (χ3v) is 6.05. The van der Waals surface area contributed by atoms with Crippen LogP contribution >= 0.6 is 0 Å². The zero-order valence-electron chi connectivity index (χ0n) is 22.1.